The Bertz CT molecular complexity index is 955. The molecule has 31 heavy (non-hydrogen) atoms. The molecule has 2 aromatic rings. The van der Waals surface area contributed by atoms with Crippen LogP contribution in [0.1, 0.15) is 34.5 Å². The third-order valence-corrected chi connectivity index (χ3v) is 6.46. The molecule has 1 aliphatic carbocycles. The first kappa shape index (κ1) is 21.4. The van der Waals surface area contributed by atoms with Gasteiger partial charge in [-0.05, 0) is 55.9 Å². The van der Waals surface area contributed by atoms with Gasteiger partial charge < -0.3 is 19.5 Å². The van der Waals surface area contributed by atoms with Gasteiger partial charge in [0.2, 0.25) is 5.91 Å². The van der Waals surface area contributed by atoms with Crippen molar-refractivity contribution < 1.29 is 24.2 Å². The molecule has 1 aromatic carbocycles. The standard InChI is InChI=1S/C23H29N3O5/c1-14-16(11-25(2)24-14)10-22(28)26-12-17-8-20(27)21(9-18(17)13-26)31-19-6-4-15(5-7-19)23(29)30-3/h4-7,11,17-18,20-21,27H,8-10,12-13H2,1-3H3/t17-,18+,20+,21+/m0/s1. The molecule has 2 fully saturated rings. The van der Waals surface area contributed by atoms with Crippen LogP contribution in [-0.4, -0.2) is 64.1 Å². The average Bonchev–Trinajstić information content (AvgIpc) is 3.30. The van der Waals surface area contributed by atoms with E-state index in [0.29, 0.717) is 49.6 Å². The molecule has 166 valence electrons. The van der Waals surface area contributed by atoms with Crippen molar-refractivity contribution in [1.29, 1.82) is 0 Å². The highest BCUT2D eigenvalue weighted by atomic mass is 16.5. The Hall–Kier alpha value is -2.87. The van der Waals surface area contributed by atoms with Crippen LogP contribution >= 0.6 is 0 Å². The first-order chi connectivity index (χ1) is 14.8. The highest BCUT2D eigenvalue weighted by molar-refractivity contribution is 5.89. The summed E-state index contributed by atoms with van der Waals surface area (Å²) in [6, 6.07) is 6.72. The summed E-state index contributed by atoms with van der Waals surface area (Å²) in [6.45, 7) is 3.29. The molecular formula is C23H29N3O5. The minimum Gasteiger partial charge on any atom is -0.488 e. The van der Waals surface area contributed by atoms with Crippen molar-refractivity contribution in [1.82, 2.24) is 14.7 Å². The lowest BCUT2D eigenvalue weighted by Gasteiger charge is -2.35. The number of ether oxygens (including phenoxy) is 2. The molecule has 0 radical (unpaired) electrons. The predicted molar refractivity (Wildman–Crippen MR) is 113 cm³/mol. The monoisotopic (exact) mass is 427 g/mol. The molecule has 1 aromatic heterocycles. The van der Waals surface area contributed by atoms with Crippen LogP contribution < -0.4 is 4.74 Å². The van der Waals surface area contributed by atoms with Gasteiger partial charge in [0.15, 0.2) is 0 Å². The molecule has 1 amide bonds. The Balaban J connectivity index is 1.36. The number of aromatic nitrogens is 2. The zero-order valence-electron chi connectivity index (χ0n) is 18.2. The van der Waals surface area contributed by atoms with Gasteiger partial charge in [-0.3, -0.25) is 9.48 Å². The summed E-state index contributed by atoms with van der Waals surface area (Å²) in [4.78, 5) is 26.3. The van der Waals surface area contributed by atoms with Gasteiger partial charge in [0, 0.05) is 31.9 Å². The molecule has 1 aliphatic heterocycles. The molecule has 8 nitrogen and oxygen atoms in total. The number of amides is 1. The largest absolute Gasteiger partial charge is 0.488 e. The summed E-state index contributed by atoms with van der Waals surface area (Å²) in [7, 11) is 3.20. The van der Waals surface area contributed by atoms with Gasteiger partial charge in [-0.15, -0.1) is 0 Å². The van der Waals surface area contributed by atoms with Gasteiger partial charge in [0.25, 0.3) is 0 Å². The number of aliphatic hydroxyl groups is 1. The maximum atomic E-state index is 12.8. The molecule has 1 saturated heterocycles. The number of rotatable bonds is 5. The summed E-state index contributed by atoms with van der Waals surface area (Å²) < 4.78 is 12.5. The second-order valence-electron chi connectivity index (χ2n) is 8.62. The van der Waals surface area contributed by atoms with Gasteiger partial charge in [-0.25, -0.2) is 4.79 Å². The van der Waals surface area contributed by atoms with Crippen molar-refractivity contribution in [2.75, 3.05) is 20.2 Å². The maximum Gasteiger partial charge on any atom is 0.337 e. The van der Waals surface area contributed by atoms with Crippen LogP contribution in [0.3, 0.4) is 0 Å². The molecule has 4 atom stereocenters. The van der Waals surface area contributed by atoms with E-state index < -0.39 is 12.1 Å². The number of esters is 1. The summed E-state index contributed by atoms with van der Waals surface area (Å²) >= 11 is 0. The van der Waals surface area contributed by atoms with E-state index in [-0.39, 0.29) is 17.9 Å². The number of benzene rings is 1. The normalized spacial score (nSPS) is 25.2. The minimum atomic E-state index is -0.586. The van der Waals surface area contributed by atoms with Gasteiger partial charge in [-0.2, -0.15) is 5.10 Å². The highest BCUT2D eigenvalue weighted by Gasteiger charge is 2.43. The topological polar surface area (TPSA) is 93.9 Å². The van der Waals surface area contributed by atoms with Crippen LogP contribution in [0.4, 0.5) is 0 Å². The smallest absolute Gasteiger partial charge is 0.337 e. The van der Waals surface area contributed by atoms with Crippen molar-refractivity contribution in [3.05, 3.63) is 47.3 Å². The Labute approximate surface area is 181 Å². The van der Waals surface area contributed by atoms with E-state index in [2.05, 4.69) is 5.10 Å². The van der Waals surface area contributed by atoms with Crippen molar-refractivity contribution in [3.8, 4) is 5.75 Å². The number of fused-ring (bicyclic) bond motifs is 1. The minimum absolute atomic E-state index is 0.107. The molecule has 2 heterocycles. The zero-order valence-corrected chi connectivity index (χ0v) is 18.2. The number of carbonyl (C=O) groups is 2. The van der Waals surface area contributed by atoms with E-state index in [1.165, 1.54) is 7.11 Å². The second kappa shape index (κ2) is 8.70. The highest BCUT2D eigenvalue weighted by Crippen LogP contribution is 2.38. The van der Waals surface area contributed by atoms with Gasteiger partial charge in [0.05, 0.1) is 30.9 Å². The SMILES string of the molecule is COC(=O)c1ccc(O[C@@H]2C[C@@H]3CN(C(=O)Cc4cn(C)nc4C)C[C@@H]3C[C@H]2O)cc1. The van der Waals surface area contributed by atoms with E-state index in [0.717, 1.165) is 11.3 Å². The van der Waals surface area contributed by atoms with Crippen LogP contribution in [-0.2, 0) is 23.0 Å². The zero-order chi connectivity index (χ0) is 22.1. The molecule has 0 unspecified atom stereocenters. The fourth-order valence-electron chi connectivity index (χ4n) is 4.78. The van der Waals surface area contributed by atoms with Crippen LogP contribution in [0.25, 0.3) is 0 Å². The lowest BCUT2D eigenvalue weighted by molar-refractivity contribution is -0.129. The molecule has 1 saturated carbocycles. The lowest BCUT2D eigenvalue weighted by Crippen LogP contribution is -2.42. The Morgan fingerprint density at radius 3 is 2.45 bits per heavy atom. The quantitative estimate of drug-likeness (QED) is 0.731. The van der Waals surface area contributed by atoms with Crippen molar-refractivity contribution >= 4 is 11.9 Å². The fourth-order valence-corrected chi connectivity index (χ4v) is 4.78. The van der Waals surface area contributed by atoms with Crippen LogP contribution in [0.5, 0.6) is 5.75 Å². The number of aryl methyl sites for hydroxylation is 2. The van der Waals surface area contributed by atoms with Crippen molar-refractivity contribution in [2.24, 2.45) is 18.9 Å². The Morgan fingerprint density at radius 2 is 1.84 bits per heavy atom. The fraction of sp³-hybridized carbons (Fsp3) is 0.522. The number of nitrogens with zero attached hydrogens (tertiary/aromatic N) is 3. The molecular weight excluding hydrogens is 398 g/mol. The van der Waals surface area contributed by atoms with Crippen molar-refractivity contribution in [3.63, 3.8) is 0 Å². The van der Waals surface area contributed by atoms with E-state index in [4.69, 9.17) is 9.47 Å². The molecule has 1 N–H and O–H groups in total. The number of likely N-dealkylation sites (tertiary alicyclic amines) is 1. The predicted octanol–water partition coefficient (Wildman–Crippen LogP) is 1.73. The molecule has 2 aliphatic rings. The van der Waals surface area contributed by atoms with Gasteiger partial charge in [0.1, 0.15) is 11.9 Å². The first-order valence-corrected chi connectivity index (χ1v) is 10.6. The second-order valence-corrected chi connectivity index (χ2v) is 8.62. The maximum absolute atomic E-state index is 12.8. The first-order valence-electron chi connectivity index (χ1n) is 10.6. The lowest BCUT2D eigenvalue weighted by atomic mass is 9.78. The van der Waals surface area contributed by atoms with Gasteiger partial charge >= 0.3 is 5.97 Å². The number of aliphatic hydroxyl groups excluding tert-OH is 1. The number of methoxy groups -OCH3 is 1. The molecule has 8 heteroatoms. The third kappa shape index (κ3) is 4.58. The third-order valence-electron chi connectivity index (χ3n) is 6.46. The van der Waals surface area contributed by atoms with Gasteiger partial charge in [-0.1, -0.05) is 0 Å². The summed E-state index contributed by atoms with van der Waals surface area (Å²) in [5.41, 5.74) is 2.29. The Morgan fingerprint density at radius 1 is 1.16 bits per heavy atom. The van der Waals surface area contributed by atoms with Crippen LogP contribution in [0, 0.1) is 18.8 Å². The van der Waals surface area contributed by atoms with E-state index in [1.54, 1.807) is 28.9 Å². The van der Waals surface area contributed by atoms with Crippen LogP contribution in [0.2, 0.25) is 0 Å². The molecule has 0 bridgehead atoms. The number of hydrogen-bond donors (Lipinski definition) is 1. The number of carbonyl (C=O) groups excluding carboxylic acids is 2. The van der Waals surface area contributed by atoms with Crippen molar-refractivity contribution in [2.45, 2.75) is 38.4 Å². The molecule has 4 rings (SSSR count). The number of hydrogen-bond acceptors (Lipinski definition) is 6. The van der Waals surface area contributed by atoms with Crippen LogP contribution in [0.15, 0.2) is 30.5 Å². The summed E-state index contributed by atoms with van der Waals surface area (Å²) in [5, 5.41) is 15.0. The molecule has 0 spiro atoms. The summed E-state index contributed by atoms with van der Waals surface area (Å²) in [6.07, 6.45) is 2.65. The van der Waals surface area contributed by atoms with E-state index in [1.807, 2.05) is 25.1 Å². The Kier molecular flexibility index (Phi) is 6.00. The summed E-state index contributed by atoms with van der Waals surface area (Å²) in [5.74, 6) is 0.908. The van der Waals surface area contributed by atoms with E-state index in [9.17, 15) is 14.7 Å². The van der Waals surface area contributed by atoms with E-state index >= 15 is 0 Å². The average molecular weight is 428 g/mol.